The first kappa shape index (κ1) is 14.6. The number of hydrogen-bond donors (Lipinski definition) is 0. The van der Waals surface area contributed by atoms with Crippen LogP contribution in [0.5, 0.6) is 0 Å². The quantitative estimate of drug-likeness (QED) is 0.461. The van der Waals surface area contributed by atoms with Gasteiger partial charge in [-0.2, -0.15) is 0 Å². The van der Waals surface area contributed by atoms with Crippen molar-refractivity contribution in [2.75, 3.05) is 6.61 Å². The number of rotatable bonds is 4. The highest BCUT2D eigenvalue weighted by atomic mass is 16.5. The molecule has 0 heterocycles. The molecule has 0 spiro atoms. The molecule has 0 aliphatic heterocycles. The zero-order chi connectivity index (χ0) is 14.4. The Balaban J connectivity index is 2.40. The number of esters is 1. The molecule has 106 valence electrons. The topological polar surface area (TPSA) is 26.3 Å². The highest BCUT2D eigenvalue weighted by Crippen LogP contribution is 2.36. The first-order valence-electron chi connectivity index (χ1n) is 7.42. The SMILES string of the molecule is CCOC(=O)C(C)=C=C(c1ccccc1)C1CCCC1. The summed E-state index contributed by atoms with van der Waals surface area (Å²) in [6.07, 6.45) is 4.91. The second kappa shape index (κ2) is 7.12. The lowest BCUT2D eigenvalue weighted by Crippen LogP contribution is -2.05. The molecule has 0 atom stereocenters. The van der Waals surface area contributed by atoms with Crippen LogP contribution in [0.15, 0.2) is 41.6 Å². The van der Waals surface area contributed by atoms with E-state index in [0.29, 0.717) is 18.1 Å². The summed E-state index contributed by atoms with van der Waals surface area (Å²) in [6.45, 7) is 4.02. The van der Waals surface area contributed by atoms with Crippen molar-refractivity contribution in [1.29, 1.82) is 0 Å². The summed E-state index contributed by atoms with van der Waals surface area (Å²) in [5.74, 6) is 0.251. The molecule has 2 nitrogen and oxygen atoms in total. The summed E-state index contributed by atoms with van der Waals surface area (Å²) in [7, 11) is 0. The zero-order valence-corrected chi connectivity index (χ0v) is 12.3. The van der Waals surface area contributed by atoms with E-state index in [-0.39, 0.29) is 5.97 Å². The molecule has 1 saturated carbocycles. The second-order valence-corrected chi connectivity index (χ2v) is 5.23. The van der Waals surface area contributed by atoms with E-state index in [9.17, 15) is 4.79 Å². The average molecular weight is 270 g/mol. The van der Waals surface area contributed by atoms with Gasteiger partial charge in [0.05, 0.1) is 12.2 Å². The van der Waals surface area contributed by atoms with Gasteiger partial charge >= 0.3 is 5.97 Å². The van der Waals surface area contributed by atoms with Crippen molar-refractivity contribution in [3.8, 4) is 0 Å². The molecule has 1 aromatic rings. The second-order valence-electron chi connectivity index (χ2n) is 5.23. The van der Waals surface area contributed by atoms with Crippen molar-refractivity contribution >= 4 is 11.5 Å². The normalized spacial score (nSPS) is 14.7. The van der Waals surface area contributed by atoms with Gasteiger partial charge in [0.15, 0.2) is 0 Å². The number of carbonyl (C=O) groups excluding carboxylic acids is 1. The molecular weight excluding hydrogens is 248 g/mol. The van der Waals surface area contributed by atoms with Gasteiger partial charge in [0.2, 0.25) is 0 Å². The van der Waals surface area contributed by atoms with Gasteiger partial charge in [-0.25, -0.2) is 4.79 Å². The predicted octanol–water partition coefficient (Wildman–Crippen LogP) is 4.37. The van der Waals surface area contributed by atoms with Crippen molar-refractivity contribution in [3.63, 3.8) is 0 Å². The first-order chi connectivity index (χ1) is 9.72. The molecule has 0 bridgehead atoms. The van der Waals surface area contributed by atoms with E-state index in [1.54, 1.807) is 6.92 Å². The molecule has 0 unspecified atom stereocenters. The van der Waals surface area contributed by atoms with Gasteiger partial charge in [-0.3, -0.25) is 0 Å². The highest BCUT2D eigenvalue weighted by molar-refractivity contribution is 5.89. The van der Waals surface area contributed by atoms with Crippen LogP contribution in [0.1, 0.15) is 45.1 Å². The molecule has 1 aliphatic carbocycles. The van der Waals surface area contributed by atoms with Gasteiger partial charge in [0.1, 0.15) is 0 Å². The van der Waals surface area contributed by atoms with Crippen molar-refractivity contribution < 1.29 is 9.53 Å². The first-order valence-corrected chi connectivity index (χ1v) is 7.42. The maximum Gasteiger partial charge on any atom is 0.341 e. The molecule has 1 aromatic carbocycles. The van der Waals surface area contributed by atoms with Crippen molar-refractivity contribution in [3.05, 3.63) is 47.2 Å². The molecule has 20 heavy (non-hydrogen) atoms. The lowest BCUT2D eigenvalue weighted by molar-refractivity contribution is -0.138. The van der Waals surface area contributed by atoms with Crippen LogP contribution < -0.4 is 0 Å². The van der Waals surface area contributed by atoms with E-state index in [2.05, 4.69) is 17.9 Å². The van der Waals surface area contributed by atoms with Crippen LogP contribution in [0.2, 0.25) is 0 Å². The molecule has 1 fully saturated rings. The van der Waals surface area contributed by atoms with Crippen LogP contribution in [0.3, 0.4) is 0 Å². The van der Waals surface area contributed by atoms with Gasteiger partial charge in [-0.05, 0) is 38.2 Å². The Morgan fingerprint density at radius 1 is 1.25 bits per heavy atom. The molecule has 0 N–H and O–H groups in total. The number of carbonyl (C=O) groups is 1. The average Bonchev–Trinajstić information content (AvgIpc) is 2.99. The number of benzene rings is 1. The van der Waals surface area contributed by atoms with Gasteiger partial charge in [0.25, 0.3) is 0 Å². The van der Waals surface area contributed by atoms with E-state index in [4.69, 9.17) is 4.74 Å². The molecule has 0 saturated heterocycles. The van der Waals surface area contributed by atoms with Crippen molar-refractivity contribution in [1.82, 2.24) is 0 Å². The van der Waals surface area contributed by atoms with Crippen LogP contribution in [0, 0.1) is 5.92 Å². The van der Waals surface area contributed by atoms with E-state index in [1.165, 1.54) is 31.2 Å². The number of ether oxygens (including phenoxy) is 1. The van der Waals surface area contributed by atoms with E-state index < -0.39 is 0 Å². The molecule has 2 heteroatoms. The van der Waals surface area contributed by atoms with Gasteiger partial charge in [-0.1, -0.05) is 43.2 Å². The summed E-state index contributed by atoms with van der Waals surface area (Å²) >= 11 is 0. The zero-order valence-electron chi connectivity index (χ0n) is 12.3. The Hall–Kier alpha value is -1.79. The Morgan fingerprint density at radius 2 is 1.90 bits per heavy atom. The summed E-state index contributed by atoms with van der Waals surface area (Å²) < 4.78 is 5.05. The third-order valence-corrected chi connectivity index (χ3v) is 3.75. The summed E-state index contributed by atoms with van der Waals surface area (Å²) in [6, 6.07) is 10.3. The molecule has 0 amide bonds. The fourth-order valence-corrected chi connectivity index (χ4v) is 2.73. The fraction of sp³-hybridized carbons (Fsp3) is 0.444. The summed E-state index contributed by atoms with van der Waals surface area (Å²) in [5, 5.41) is 0. The lowest BCUT2D eigenvalue weighted by atomic mass is 9.91. The Labute approximate surface area is 121 Å². The van der Waals surface area contributed by atoms with Gasteiger partial charge < -0.3 is 4.74 Å². The summed E-state index contributed by atoms with van der Waals surface area (Å²) in [4.78, 5) is 11.8. The fourth-order valence-electron chi connectivity index (χ4n) is 2.73. The molecule has 1 aliphatic rings. The van der Waals surface area contributed by atoms with Crippen molar-refractivity contribution in [2.24, 2.45) is 5.92 Å². The van der Waals surface area contributed by atoms with Gasteiger partial charge in [0, 0.05) is 5.57 Å². The highest BCUT2D eigenvalue weighted by Gasteiger charge is 2.21. The molecule has 0 aromatic heterocycles. The molecular formula is C18H22O2. The number of hydrogen-bond acceptors (Lipinski definition) is 2. The lowest BCUT2D eigenvalue weighted by Gasteiger charge is -2.13. The van der Waals surface area contributed by atoms with Crippen LogP contribution in [0.4, 0.5) is 0 Å². The van der Waals surface area contributed by atoms with E-state index >= 15 is 0 Å². The smallest absolute Gasteiger partial charge is 0.341 e. The Kier molecular flexibility index (Phi) is 5.20. The van der Waals surface area contributed by atoms with Crippen LogP contribution >= 0.6 is 0 Å². The van der Waals surface area contributed by atoms with Crippen LogP contribution in [0.25, 0.3) is 5.57 Å². The van der Waals surface area contributed by atoms with Gasteiger partial charge in [-0.15, -0.1) is 5.73 Å². The largest absolute Gasteiger partial charge is 0.462 e. The van der Waals surface area contributed by atoms with Crippen LogP contribution in [-0.4, -0.2) is 12.6 Å². The van der Waals surface area contributed by atoms with E-state index in [1.807, 2.05) is 25.1 Å². The monoisotopic (exact) mass is 270 g/mol. The Bertz CT molecular complexity index is 516. The predicted molar refractivity (Wildman–Crippen MR) is 81.1 cm³/mol. The third-order valence-electron chi connectivity index (χ3n) is 3.75. The van der Waals surface area contributed by atoms with E-state index in [0.717, 1.165) is 5.57 Å². The molecule has 0 radical (unpaired) electrons. The Morgan fingerprint density at radius 3 is 2.50 bits per heavy atom. The maximum absolute atomic E-state index is 11.8. The minimum absolute atomic E-state index is 0.265. The summed E-state index contributed by atoms with van der Waals surface area (Å²) in [5.41, 5.74) is 6.22. The third kappa shape index (κ3) is 3.61. The maximum atomic E-state index is 11.8. The minimum atomic E-state index is -0.265. The molecule has 2 rings (SSSR count). The minimum Gasteiger partial charge on any atom is -0.462 e. The van der Waals surface area contributed by atoms with Crippen molar-refractivity contribution in [2.45, 2.75) is 39.5 Å². The standard InChI is InChI=1S/C18H22O2/c1-3-20-18(19)14(2)13-17(16-11-7-8-12-16)15-9-5-4-6-10-15/h4-6,9-10,16H,3,7-8,11-12H2,1-2H3. The van der Waals surface area contributed by atoms with Crippen LogP contribution in [-0.2, 0) is 9.53 Å².